The molecule has 0 aromatic rings. The van der Waals surface area contributed by atoms with Crippen molar-refractivity contribution in [3.05, 3.63) is 11.6 Å². The van der Waals surface area contributed by atoms with Crippen molar-refractivity contribution in [1.29, 1.82) is 0 Å². The second-order valence-electron chi connectivity index (χ2n) is 12.0. The summed E-state index contributed by atoms with van der Waals surface area (Å²) in [5.41, 5.74) is 2.01. The van der Waals surface area contributed by atoms with Crippen molar-refractivity contribution < 1.29 is 5.11 Å². The van der Waals surface area contributed by atoms with E-state index in [4.69, 9.17) is 0 Å². The lowest BCUT2D eigenvalue weighted by Gasteiger charge is -2.57. The van der Waals surface area contributed by atoms with E-state index in [1.165, 1.54) is 51.4 Å². The fraction of sp³-hybridized carbons (Fsp3) is 0.926. The molecule has 1 heteroatoms. The molecule has 0 aromatic carbocycles. The highest BCUT2D eigenvalue weighted by Crippen LogP contribution is 2.64. The summed E-state index contributed by atoms with van der Waals surface area (Å²) < 4.78 is 0. The van der Waals surface area contributed by atoms with Crippen LogP contribution in [0.4, 0.5) is 0 Å². The SMILES string of the molecule is CC(C)CCC[C@@H](C)[C@H]1CCC2C3CC=C4CC(O)CC[C@]4(C)C3C[C@@H](C)C21. The molecule has 3 fully saturated rings. The molecule has 1 nitrogen and oxygen atoms in total. The van der Waals surface area contributed by atoms with Crippen molar-refractivity contribution in [2.24, 2.45) is 52.8 Å². The van der Waals surface area contributed by atoms with Gasteiger partial charge in [-0.3, -0.25) is 0 Å². The summed E-state index contributed by atoms with van der Waals surface area (Å²) in [7, 11) is 0. The van der Waals surface area contributed by atoms with E-state index < -0.39 is 0 Å². The Labute approximate surface area is 174 Å². The van der Waals surface area contributed by atoms with Gasteiger partial charge in [0.25, 0.3) is 0 Å². The fourth-order valence-corrected chi connectivity index (χ4v) is 8.49. The fourth-order valence-electron chi connectivity index (χ4n) is 8.49. The molecule has 0 bridgehead atoms. The summed E-state index contributed by atoms with van der Waals surface area (Å²) >= 11 is 0. The van der Waals surface area contributed by atoms with Gasteiger partial charge < -0.3 is 5.11 Å². The summed E-state index contributed by atoms with van der Waals surface area (Å²) in [5, 5.41) is 10.2. The Morgan fingerprint density at radius 1 is 1.11 bits per heavy atom. The second kappa shape index (κ2) is 8.09. The zero-order valence-electron chi connectivity index (χ0n) is 19.3. The molecular weight excluding hydrogens is 340 g/mol. The first-order chi connectivity index (χ1) is 13.3. The van der Waals surface area contributed by atoms with Crippen LogP contribution in [0.2, 0.25) is 0 Å². The lowest BCUT2D eigenvalue weighted by atomic mass is 9.48. The van der Waals surface area contributed by atoms with Gasteiger partial charge in [0.15, 0.2) is 0 Å². The van der Waals surface area contributed by atoms with Gasteiger partial charge in [-0.05, 0) is 97.7 Å². The summed E-state index contributed by atoms with van der Waals surface area (Å²) in [4.78, 5) is 0. The van der Waals surface area contributed by atoms with Crippen LogP contribution in [-0.2, 0) is 0 Å². The molecule has 0 heterocycles. The Balaban J connectivity index is 1.48. The molecule has 9 atom stereocenters. The molecule has 5 unspecified atom stereocenters. The molecule has 0 aliphatic heterocycles. The highest BCUT2D eigenvalue weighted by atomic mass is 16.3. The van der Waals surface area contributed by atoms with Crippen molar-refractivity contribution in [2.45, 2.75) is 105 Å². The third-order valence-corrected chi connectivity index (χ3v) is 9.98. The van der Waals surface area contributed by atoms with E-state index >= 15 is 0 Å². The van der Waals surface area contributed by atoms with Gasteiger partial charge in [0, 0.05) is 0 Å². The second-order valence-corrected chi connectivity index (χ2v) is 12.0. The van der Waals surface area contributed by atoms with Crippen molar-refractivity contribution in [3.8, 4) is 0 Å². The van der Waals surface area contributed by atoms with Crippen LogP contribution in [-0.4, -0.2) is 11.2 Å². The highest BCUT2D eigenvalue weighted by Gasteiger charge is 2.56. The molecule has 160 valence electrons. The van der Waals surface area contributed by atoms with E-state index in [1.54, 1.807) is 5.57 Å². The molecule has 4 aliphatic rings. The number of hydrogen-bond acceptors (Lipinski definition) is 1. The number of aliphatic hydroxyl groups is 1. The molecular formula is C27H46O. The van der Waals surface area contributed by atoms with E-state index in [1.807, 2.05) is 0 Å². The molecule has 0 aromatic heterocycles. The Hall–Kier alpha value is -0.300. The van der Waals surface area contributed by atoms with E-state index in [0.29, 0.717) is 5.41 Å². The van der Waals surface area contributed by atoms with Crippen LogP contribution in [0.3, 0.4) is 0 Å². The summed E-state index contributed by atoms with van der Waals surface area (Å²) in [6, 6.07) is 0. The Morgan fingerprint density at radius 2 is 1.89 bits per heavy atom. The highest BCUT2D eigenvalue weighted by molar-refractivity contribution is 5.25. The number of allylic oxidation sites excluding steroid dienone is 1. The van der Waals surface area contributed by atoms with Gasteiger partial charge in [-0.2, -0.15) is 0 Å². The maximum Gasteiger partial charge on any atom is 0.0577 e. The van der Waals surface area contributed by atoms with Gasteiger partial charge in [0.2, 0.25) is 0 Å². The summed E-state index contributed by atoms with van der Waals surface area (Å²) in [6.45, 7) is 12.5. The number of rotatable bonds is 5. The van der Waals surface area contributed by atoms with Crippen LogP contribution in [0.1, 0.15) is 98.8 Å². The summed E-state index contributed by atoms with van der Waals surface area (Å²) in [6.07, 6.45) is 15.8. The number of aliphatic hydroxyl groups excluding tert-OH is 1. The predicted molar refractivity (Wildman–Crippen MR) is 119 cm³/mol. The molecule has 0 radical (unpaired) electrons. The normalized spacial score (nSPS) is 46.5. The maximum absolute atomic E-state index is 10.2. The van der Waals surface area contributed by atoms with Crippen molar-refractivity contribution in [1.82, 2.24) is 0 Å². The van der Waals surface area contributed by atoms with Gasteiger partial charge in [0.1, 0.15) is 0 Å². The molecule has 4 aliphatic carbocycles. The first-order valence-electron chi connectivity index (χ1n) is 12.7. The minimum atomic E-state index is -0.0767. The average Bonchev–Trinajstić information content (AvgIpc) is 3.09. The van der Waals surface area contributed by atoms with Gasteiger partial charge in [-0.25, -0.2) is 0 Å². The third-order valence-electron chi connectivity index (χ3n) is 9.98. The molecule has 1 N–H and O–H groups in total. The number of hydrogen-bond donors (Lipinski definition) is 1. The Kier molecular flexibility index (Phi) is 6.05. The minimum Gasteiger partial charge on any atom is -0.393 e. The number of fused-ring (bicyclic) bond motifs is 5. The van der Waals surface area contributed by atoms with Crippen LogP contribution in [0.15, 0.2) is 11.6 Å². The van der Waals surface area contributed by atoms with Crippen LogP contribution in [0, 0.1) is 52.8 Å². The first kappa shape index (κ1) is 21.0. The zero-order chi connectivity index (χ0) is 20.1. The monoisotopic (exact) mass is 386 g/mol. The molecule has 3 saturated carbocycles. The lowest BCUT2D eigenvalue weighted by molar-refractivity contribution is -0.0408. The minimum absolute atomic E-state index is 0.0767. The Bertz CT molecular complexity index is 577. The first-order valence-corrected chi connectivity index (χ1v) is 12.7. The molecule has 0 saturated heterocycles. The maximum atomic E-state index is 10.2. The van der Waals surface area contributed by atoms with E-state index in [9.17, 15) is 5.11 Å². The molecule has 28 heavy (non-hydrogen) atoms. The lowest BCUT2D eigenvalue weighted by Crippen LogP contribution is -2.50. The Morgan fingerprint density at radius 3 is 2.64 bits per heavy atom. The molecule has 0 spiro atoms. The standard InChI is InChI=1S/C27H46O/c1-17(2)7-6-8-18(3)22-11-12-24-23-10-9-20-16-21(28)13-14-27(20,5)25(23)15-19(4)26(22)24/h9,17-19,21-26,28H,6-8,10-16H2,1-5H3/t18-,19-,21?,22-,23?,24?,25?,26?,27+/m1/s1. The summed E-state index contributed by atoms with van der Waals surface area (Å²) in [5.74, 6) is 7.44. The van der Waals surface area contributed by atoms with Crippen LogP contribution < -0.4 is 0 Å². The van der Waals surface area contributed by atoms with Crippen LogP contribution in [0.25, 0.3) is 0 Å². The zero-order valence-corrected chi connectivity index (χ0v) is 19.3. The van der Waals surface area contributed by atoms with E-state index in [0.717, 1.165) is 60.2 Å². The van der Waals surface area contributed by atoms with Gasteiger partial charge >= 0.3 is 0 Å². The van der Waals surface area contributed by atoms with Crippen molar-refractivity contribution >= 4 is 0 Å². The van der Waals surface area contributed by atoms with Gasteiger partial charge in [-0.15, -0.1) is 0 Å². The molecule has 0 amide bonds. The van der Waals surface area contributed by atoms with E-state index in [-0.39, 0.29) is 6.10 Å². The van der Waals surface area contributed by atoms with Crippen LogP contribution >= 0.6 is 0 Å². The van der Waals surface area contributed by atoms with Crippen molar-refractivity contribution in [3.63, 3.8) is 0 Å². The van der Waals surface area contributed by atoms with E-state index in [2.05, 4.69) is 40.7 Å². The van der Waals surface area contributed by atoms with Gasteiger partial charge in [0.05, 0.1) is 6.10 Å². The van der Waals surface area contributed by atoms with Crippen LogP contribution in [0.5, 0.6) is 0 Å². The molecule has 4 rings (SSSR count). The topological polar surface area (TPSA) is 20.2 Å². The van der Waals surface area contributed by atoms with Crippen molar-refractivity contribution in [2.75, 3.05) is 0 Å². The quantitative estimate of drug-likeness (QED) is 0.493. The smallest absolute Gasteiger partial charge is 0.0577 e. The van der Waals surface area contributed by atoms with Gasteiger partial charge in [-0.1, -0.05) is 65.5 Å². The average molecular weight is 387 g/mol. The largest absolute Gasteiger partial charge is 0.393 e. The predicted octanol–water partition coefficient (Wildman–Crippen LogP) is 7.24. The third kappa shape index (κ3) is 3.63.